The normalized spacial score (nSPS) is 10.8. The van der Waals surface area contributed by atoms with Crippen LogP contribution < -0.4 is 0 Å². The van der Waals surface area contributed by atoms with Crippen LogP contribution in [0.4, 0.5) is 0 Å². The Morgan fingerprint density at radius 3 is 2.44 bits per heavy atom. The van der Waals surface area contributed by atoms with Gasteiger partial charge in [0.15, 0.2) is 0 Å². The summed E-state index contributed by atoms with van der Waals surface area (Å²) in [6.07, 6.45) is 5.86. The van der Waals surface area contributed by atoms with E-state index in [1.165, 1.54) is 0 Å². The van der Waals surface area contributed by atoms with Crippen molar-refractivity contribution in [3.63, 3.8) is 0 Å². The molecule has 0 aromatic heterocycles. The van der Waals surface area contributed by atoms with Gasteiger partial charge in [-0.1, -0.05) is 32.9 Å². The van der Waals surface area contributed by atoms with Crippen molar-refractivity contribution in [1.29, 1.82) is 0 Å². The van der Waals surface area contributed by atoms with Crippen molar-refractivity contribution < 1.29 is 19.1 Å². The molecule has 0 aliphatic carbocycles. The van der Waals surface area contributed by atoms with Gasteiger partial charge in [0.1, 0.15) is 0 Å². The summed E-state index contributed by atoms with van der Waals surface area (Å²) in [5.41, 5.74) is 0. The van der Waals surface area contributed by atoms with Crippen LogP contribution in [0.2, 0.25) is 0 Å². The topological polar surface area (TPSA) is 52.6 Å². The molecule has 0 aromatic carbocycles. The lowest BCUT2D eigenvalue weighted by Crippen LogP contribution is -2.16. The van der Waals surface area contributed by atoms with Crippen LogP contribution in [0.15, 0.2) is 12.2 Å². The lowest BCUT2D eigenvalue weighted by atomic mass is 10.2. The van der Waals surface area contributed by atoms with E-state index >= 15 is 0 Å². The van der Waals surface area contributed by atoms with Gasteiger partial charge in [0.05, 0.1) is 5.92 Å². The van der Waals surface area contributed by atoms with Crippen LogP contribution in [0.3, 0.4) is 0 Å². The fourth-order valence-electron chi connectivity index (χ4n) is 0.878. The Kier molecular flexibility index (Phi) is 8.21. The monoisotopic (exact) mass is 228 g/mol. The zero-order valence-corrected chi connectivity index (χ0v) is 10.2. The summed E-state index contributed by atoms with van der Waals surface area (Å²) >= 11 is 0. The average molecular weight is 228 g/mol. The molecule has 0 unspecified atom stereocenters. The Morgan fingerprint density at radius 2 is 1.88 bits per heavy atom. The predicted octanol–water partition coefficient (Wildman–Crippen LogP) is 2.43. The van der Waals surface area contributed by atoms with Gasteiger partial charge in [0.25, 0.3) is 0 Å². The first-order chi connectivity index (χ1) is 7.57. The molecular weight excluding hydrogens is 208 g/mol. The van der Waals surface area contributed by atoms with Crippen molar-refractivity contribution in [3.8, 4) is 0 Å². The molecule has 0 spiro atoms. The standard InChI is InChI=1S/C12H20O4/c1-4-5-6-7-8-11(13)15-9-16-12(14)10(2)3/h5-6,10H,4,7-9H2,1-3H3. The average Bonchev–Trinajstić information content (AvgIpc) is 2.24. The first-order valence-corrected chi connectivity index (χ1v) is 5.55. The molecule has 4 heteroatoms. The quantitative estimate of drug-likeness (QED) is 0.381. The highest BCUT2D eigenvalue weighted by molar-refractivity contribution is 5.72. The molecule has 4 nitrogen and oxygen atoms in total. The molecule has 0 aliphatic rings. The van der Waals surface area contributed by atoms with E-state index in [1.54, 1.807) is 13.8 Å². The zero-order chi connectivity index (χ0) is 12.4. The molecular formula is C12H20O4. The number of carbonyl (C=O) groups excluding carboxylic acids is 2. The molecule has 0 rings (SSSR count). The first-order valence-electron chi connectivity index (χ1n) is 5.55. The van der Waals surface area contributed by atoms with E-state index in [2.05, 4.69) is 0 Å². The Balaban J connectivity index is 3.51. The number of esters is 2. The van der Waals surface area contributed by atoms with Gasteiger partial charge < -0.3 is 9.47 Å². The van der Waals surface area contributed by atoms with Crippen LogP contribution in [0, 0.1) is 5.92 Å². The molecule has 92 valence electrons. The summed E-state index contributed by atoms with van der Waals surface area (Å²) in [6, 6.07) is 0. The fraction of sp³-hybridized carbons (Fsp3) is 0.667. The molecule has 0 aliphatic heterocycles. The first kappa shape index (κ1) is 14.7. The van der Waals surface area contributed by atoms with Gasteiger partial charge in [0.2, 0.25) is 6.79 Å². The van der Waals surface area contributed by atoms with E-state index < -0.39 is 0 Å². The lowest BCUT2D eigenvalue weighted by molar-refractivity contribution is -0.169. The maximum Gasteiger partial charge on any atom is 0.311 e. The number of hydrogen-bond acceptors (Lipinski definition) is 4. The molecule has 0 radical (unpaired) electrons. The second-order valence-electron chi connectivity index (χ2n) is 3.67. The Hall–Kier alpha value is -1.32. The minimum absolute atomic E-state index is 0.203. The Labute approximate surface area is 96.6 Å². The summed E-state index contributed by atoms with van der Waals surface area (Å²) in [6.45, 7) is 5.19. The summed E-state index contributed by atoms with van der Waals surface area (Å²) in [4.78, 5) is 22.1. The molecule has 0 saturated heterocycles. The van der Waals surface area contributed by atoms with Gasteiger partial charge >= 0.3 is 11.9 Å². The van der Waals surface area contributed by atoms with E-state index in [0.29, 0.717) is 12.8 Å². The third-order valence-electron chi connectivity index (χ3n) is 1.81. The van der Waals surface area contributed by atoms with E-state index in [-0.39, 0.29) is 24.6 Å². The molecule has 0 aromatic rings. The van der Waals surface area contributed by atoms with Crippen molar-refractivity contribution in [2.24, 2.45) is 5.92 Å². The minimum atomic E-state index is -0.362. The van der Waals surface area contributed by atoms with Crippen molar-refractivity contribution in [2.75, 3.05) is 6.79 Å². The number of ether oxygens (including phenoxy) is 2. The number of rotatable bonds is 7. The molecule has 0 bridgehead atoms. The summed E-state index contributed by atoms with van der Waals surface area (Å²) in [5.74, 6) is -0.915. The molecule has 0 heterocycles. The number of allylic oxidation sites excluding steroid dienone is 2. The summed E-state index contributed by atoms with van der Waals surface area (Å²) in [7, 11) is 0. The van der Waals surface area contributed by atoms with Crippen molar-refractivity contribution in [2.45, 2.75) is 40.0 Å². The Morgan fingerprint density at radius 1 is 1.19 bits per heavy atom. The van der Waals surface area contributed by atoms with Crippen LogP contribution in [0.1, 0.15) is 40.0 Å². The molecule has 0 saturated carbocycles. The smallest absolute Gasteiger partial charge is 0.311 e. The number of hydrogen-bond donors (Lipinski definition) is 0. The second kappa shape index (κ2) is 8.95. The van der Waals surface area contributed by atoms with E-state index in [1.807, 2.05) is 19.1 Å². The zero-order valence-electron chi connectivity index (χ0n) is 10.2. The van der Waals surface area contributed by atoms with Crippen LogP contribution in [-0.2, 0) is 19.1 Å². The van der Waals surface area contributed by atoms with E-state index in [0.717, 1.165) is 6.42 Å². The molecule has 16 heavy (non-hydrogen) atoms. The highest BCUT2D eigenvalue weighted by atomic mass is 16.7. The Bertz CT molecular complexity index is 243. The van der Waals surface area contributed by atoms with E-state index in [4.69, 9.17) is 9.47 Å². The van der Waals surface area contributed by atoms with Crippen LogP contribution >= 0.6 is 0 Å². The van der Waals surface area contributed by atoms with Crippen molar-refractivity contribution >= 4 is 11.9 Å². The van der Waals surface area contributed by atoms with Gasteiger partial charge in [-0.3, -0.25) is 9.59 Å². The maximum atomic E-state index is 11.1. The largest absolute Gasteiger partial charge is 0.428 e. The van der Waals surface area contributed by atoms with E-state index in [9.17, 15) is 9.59 Å². The van der Waals surface area contributed by atoms with Gasteiger partial charge in [0, 0.05) is 6.42 Å². The third kappa shape index (κ3) is 8.03. The molecule has 0 atom stereocenters. The van der Waals surface area contributed by atoms with Gasteiger partial charge in [-0.2, -0.15) is 0 Å². The predicted molar refractivity (Wildman–Crippen MR) is 60.6 cm³/mol. The SMILES string of the molecule is CCC=CCCC(=O)OCOC(=O)C(C)C. The van der Waals surface area contributed by atoms with Crippen LogP contribution in [-0.4, -0.2) is 18.7 Å². The fourth-order valence-corrected chi connectivity index (χ4v) is 0.878. The second-order valence-corrected chi connectivity index (χ2v) is 3.67. The highest BCUT2D eigenvalue weighted by Gasteiger charge is 2.09. The minimum Gasteiger partial charge on any atom is -0.428 e. The number of carbonyl (C=O) groups is 2. The van der Waals surface area contributed by atoms with Gasteiger partial charge in [-0.15, -0.1) is 0 Å². The van der Waals surface area contributed by atoms with Crippen LogP contribution in [0.25, 0.3) is 0 Å². The molecule has 0 N–H and O–H groups in total. The highest BCUT2D eigenvalue weighted by Crippen LogP contribution is 1.98. The molecule has 0 fully saturated rings. The van der Waals surface area contributed by atoms with Crippen LogP contribution in [0.5, 0.6) is 0 Å². The lowest BCUT2D eigenvalue weighted by Gasteiger charge is -2.07. The third-order valence-corrected chi connectivity index (χ3v) is 1.81. The summed E-state index contributed by atoms with van der Waals surface area (Å²) in [5, 5.41) is 0. The molecule has 0 amide bonds. The maximum absolute atomic E-state index is 11.1. The van der Waals surface area contributed by atoms with Crippen molar-refractivity contribution in [3.05, 3.63) is 12.2 Å². The van der Waals surface area contributed by atoms with Gasteiger partial charge in [-0.05, 0) is 12.8 Å². The summed E-state index contributed by atoms with van der Waals surface area (Å²) < 4.78 is 9.43. The van der Waals surface area contributed by atoms with Crippen molar-refractivity contribution in [1.82, 2.24) is 0 Å². The van der Waals surface area contributed by atoms with Gasteiger partial charge in [-0.25, -0.2) is 0 Å².